The van der Waals surface area contributed by atoms with E-state index in [0.29, 0.717) is 6.04 Å². The molecule has 4 heteroatoms. The van der Waals surface area contributed by atoms with Gasteiger partial charge in [-0.1, -0.05) is 12.1 Å². The Morgan fingerprint density at radius 3 is 3.05 bits per heavy atom. The van der Waals surface area contributed by atoms with Crippen molar-refractivity contribution in [1.29, 1.82) is 0 Å². The summed E-state index contributed by atoms with van der Waals surface area (Å²) in [6, 6.07) is 8.91. The molecule has 1 atom stereocenters. The number of ether oxygens (including phenoxy) is 1. The molecule has 0 N–H and O–H groups in total. The lowest BCUT2D eigenvalue weighted by molar-refractivity contribution is 0.130. The highest BCUT2D eigenvalue weighted by Crippen LogP contribution is 2.36. The quantitative estimate of drug-likeness (QED) is 0.864. The van der Waals surface area contributed by atoms with Crippen molar-refractivity contribution < 1.29 is 4.74 Å². The molecule has 4 nitrogen and oxygen atoms in total. The van der Waals surface area contributed by atoms with Gasteiger partial charge in [-0.25, -0.2) is 4.98 Å². The fraction of sp³-hybridized carbons (Fsp3) is 0.471. The van der Waals surface area contributed by atoms with Crippen molar-refractivity contribution in [2.24, 2.45) is 5.92 Å². The lowest BCUT2D eigenvalue weighted by atomic mass is 10.0. The van der Waals surface area contributed by atoms with Crippen LogP contribution in [0.2, 0.25) is 0 Å². The van der Waals surface area contributed by atoms with E-state index in [4.69, 9.17) is 4.74 Å². The highest BCUT2D eigenvalue weighted by Gasteiger charge is 2.32. The molecule has 0 amide bonds. The summed E-state index contributed by atoms with van der Waals surface area (Å²) in [6.07, 6.45) is 6.78. The van der Waals surface area contributed by atoms with Crippen LogP contribution in [0.1, 0.15) is 30.3 Å². The van der Waals surface area contributed by atoms with Gasteiger partial charge in [0.25, 0.3) is 0 Å². The Bertz CT molecular complexity index is 632. The molecule has 1 aromatic heterocycles. The highest BCUT2D eigenvalue weighted by atomic mass is 16.5. The maximum absolute atomic E-state index is 5.39. The highest BCUT2D eigenvalue weighted by molar-refractivity contribution is 5.31. The largest absolute Gasteiger partial charge is 0.497 e. The lowest BCUT2D eigenvalue weighted by Gasteiger charge is -2.36. The van der Waals surface area contributed by atoms with Gasteiger partial charge >= 0.3 is 0 Å². The first-order valence-electron chi connectivity index (χ1n) is 7.71. The van der Waals surface area contributed by atoms with Crippen LogP contribution in [0, 0.1) is 5.92 Å². The van der Waals surface area contributed by atoms with Gasteiger partial charge in [0.2, 0.25) is 0 Å². The Balaban J connectivity index is 1.65. The molecule has 2 aromatic rings. The van der Waals surface area contributed by atoms with Gasteiger partial charge in [-0.3, -0.25) is 4.90 Å². The van der Waals surface area contributed by atoms with Crippen molar-refractivity contribution in [2.75, 3.05) is 13.7 Å². The van der Waals surface area contributed by atoms with E-state index < -0.39 is 0 Å². The Morgan fingerprint density at radius 2 is 2.24 bits per heavy atom. The zero-order chi connectivity index (χ0) is 14.2. The van der Waals surface area contributed by atoms with E-state index >= 15 is 0 Å². The first-order valence-corrected chi connectivity index (χ1v) is 7.71. The van der Waals surface area contributed by atoms with E-state index in [-0.39, 0.29) is 0 Å². The number of nitrogens with zero attached hydrogens (tertiary/aromatic N) is 3. The van der Waals surface area contributed by atoms with Gasteiger partial charge in [-0.05, 0) is 36.5 Å². The molecule has 1 aromatic carbocycles. The van der Waals surface area contributed by atoms with Crippen LogP contribution in [0.3, 0.4) is 0 Å². The van der Waals surface area contributed by atoms with E-state index in [9.17, 15) is 0 Å². The molecule has 0 radical (unpaired) electrons. The molecule has 2 aliphatic rings. The molecule has 1 fully saturated rings. The second-order valence-electron chi connectivity index (χ2n) is 6.16. The van der Waals surface area contributed by atoms with E-state index in [1.807, 2.05) is 12.3 Å². The summed E-state index contributed by atoms with van der Waals surface area (Å²) in [5.41, 5.74) is 1.34. The van der Waals surface area contributed by atoms with Crippen molar-refractivity contribution in [2.45, 2.75) is 32.0 Å². The number of methoxy groups -OCH3 is 1. The van der Waals surface area contributed by atoms with Gasteiger partial charge in [-0.15, -0.1) is 0 Å². The van der Waals surface area contributed by atoms with E-state index in [0.717, 1.165) is 24.8 Å². The van der Waals surface area contributed by atoms with Crippen LogP contribution in [0.4, 0.5) is 0 Å². The summed E-state index contributed by atoms with van der Waals surface area (Å²) < 4.78 is 7.68. The molecule has 4 rings (SSSR count). The van der Waals surface area contributed by atoms with Gasteiger partial charge in [-0.2, -0.15) is 0 Å². The van der Waals surface area contributed by atoms with E-state index in [2.05, 4.69) is 38.8 Å². The van der Waals surface area contributed by atoms with Crippen LogP contribution in [0.25, 0.3) is 0 Å². The summed E-state index contributed by atoms with van der Waals surface area (Å²) in [6.45, 7) is 3.12. The normalized spacial score (nSPS) is 22.0. The van der Waals surface area contributed by atoms with E-state index in [1.54, 1.807) is 7.11 Å². The molecule has 2 heterocycles. The fourth-order valence-corrected chi connectivity index (χ4v) is 3.24. The van der Waals surface area contributed by atoms with Crippen molar-refractivity contribution in [3.05, 3.63) is 48.0 Å². The second-order valence-corrected chi connectivity index (χ2v) is 6.16. The van der Waals surface area contributed by atoms with Crippen molar-refractivity contribution in [1.82, 2.24) is 14.5 Å². The Morgan fingerprint density at radius 1 is 1.33 bits per heavy atom. The molecule has 110 valence electrons. The third-order valence-corrected chi connectivity index (χ3v) is 4.62. The second kappa shape index (κ2) is 5.19. The number of benzene rings is 1. The van der Waals surface area contributed by atoms with Gasteiger partial charge in [0, 0.05) is 25.5 Å². The summed E-state index contributed by atoms with van der Waals surface area (Å²) in [7, 11) is 1.73. The summed E-state index contributed by atoms with van der Waals surface area (Å²) >= 11 is 0. The molecule has 1 saturated carbocycles. The van der Waals surface area contributed by atoms with E-state index in [1.165, 1.54) is 30.8 Å². The van der Waals surface area contributed by atoms with Gasteiger partial charge in [0.1, 0.15) is 11.6 Å². The Hall–Kier alpha value is -1.81. The Kier molecular flexibility index (Phi) is 3.19. The number of hydrogen-bond donors (Lipinski definition) is 0. The van der Waals surface area contributed by atoms with Crippen LogP contribution < -0.4 is 4.74 Å². The van der Waals surface area contributed by atoms with Crippen molar-refractivity contribution >= 4 is 0 Å². The summed E-state index contributed by atoms with van der Waals surface area (Å²) in [5, 5.41) is 0. The van der Waals surface area contributed by atoms with Crippen LogP contribution in [-0.4, -0.2) is 28.1 Å². The van der Waals surface area contributed by atoms with Crippen LogP contribution in [0.5, 0.6) is 5.75 Å². The SMILES string of the molecule is COc1cccc([C@@H]2Cn3ccnc3CN2CC2CC2)c1. The predicted molar refractivity (Wildman–Crippen MR) is 81.1 cm³/mol. The van der Waals surface area contributed by atoms with Crippen molar-refractivity contribution in [3.63, 3.8) is 0 Å². The molecule has 0 unspecified atom stereocenters. The lowest BCUT2D eigenvalue weighted by Crippen LogP contribution is -2.38. The average molecular weight is 283 g/mol. The van der Waals surface area contributed by atoms with Crippen LogP contribution in [-0.2, 0) is 13.1 Å². The number of hydrogen-bond acceptors (Lipinski definition) is 3. The molecule has 0 bridgehead atoms. The van der Waals surface area contributed by atoms with Gasteiger partial charge in [0.15, 0.2) is 0 Å². The third kappa shape index (κ3) is 2.56. The minimum Gasteiger partial charge on any atom is -0.497 e. The van der Waals surface area contributed by atoms with Gasteiger partial charge in [0.05, 0.1) is 19.7 Å². The Labute approximate surface area is 125 Å². The first-order chi connectivity index (χ1) is 10.3. The maximum atomic E-state index is 5.39. The summed E-state index contributed by atoms with van der Waals surface area (Å²) in [4.78, 5) is 7.09. The first kappa shape index (κ1) is 12.9. The van der Waals surface area contributed by atoms with Crippen LogP contribution in [0.15, 0.2) is 36.7 Å². The summed E-state index contributed by atoms with van der Waals surface area (Å²) in [5.74, 6) is 3.02. The average Bonchev–Trinajstić information content (AvgIpc) is 3.22. The number of rotatable bonds is 4. The fourth-order valence-electron chi connectivity index (χ4n) is 3.24. The molecule has 21 heavy (non-hydrogen) atoms. The van der Waals surface area contributed by atoms with Crippen molar-refractivity contribution in [3.8, 4) is 5.75 Å². The molecule has 0 saturated heterocycles. The topological polar surface area (TPSA) is 30.3 Å². The monoisotopic (exact) mass is 283 g/mol. The maximum Gasteiger partial charge on any atom is 0.122 e. The van der Waals surface area contributed by atoms with Crippen LogP contribution >= 0.6 is 0 Å². The predicted octanol–water partition coefficient (Wildman–Crippen LogP) is 2.86. The minimum absolute atomic E-state index is 0.419. The third-order valence-electron chi connectivity index (χ3n) is 4.62. The zero-order valence-electron chi connectivity index (χ0n) is 12.4. The number of aromatic nitrogens is 2. The smallest absolute Gasteiger partial charge is 0.122 e. The standard InChI is InChI=1S/C17H21N3O/c1-21-15-4-2-3-14(9-15)16-11-19-8-7-18-17(19)12-20(16)10-13-5-6-13/h2-4,7-9,13,16H,5-6,10-12H2,1H3/t16-/m0/s1. The molecular weight excluding hydrogens is 262 g/mol. The molecular formula is C17H21N3O. The van der Waals surface area contributed by atoms with Gasteiger partial charge < -0.3 is 9.30 Å². The minimum atomic E-state index is 0.419. The number of fused-ring (bicyclic) bond motifs is 1. The zero-order valence-corrected chi connectivity index (χ0v) is 12.4. The molecule has 0 spiro atoms. The molecule has 1 aliphatic heterocycles. The molecule has 1 aliphatic carbocycles. The number of imidazole rings is 1.